The fourth-order valence-corrected chi connectivity index (χ4v) is 5.98. The third-order valence-electron chi connectivity index (χ3n) is 7.81. The van der Waals surface area contributed by atoms with Crippen LogP contribution in [0.5, 0.6) is 0 Å². The number of aliphatic hydroxyl groups excluding tert-OH is 2. The predicted molar refractivity (Wildman–Crippen MR) is 117 cm³/mol. The van der Waals surface area contributed by atoms with Crippen molar-refractivity contribution in [1.82, 2.24) is 5.32 Å². The van der Waals surface area contributed by atoms with Crippen LogP contribution in [0.15, 0.2) is 0 Å². The molecular formula is C24H41NO8. The fourth-order valence-electron chi connectivity index (χ4n) is 5.98. The topological polar surface area (TPSA) is 108 Å². The number of nitrogens with one attached hydrogen (secondary N) is 1. The third-order valence-corrected chi connectivity index (χ3v) is 7.81. The summed E-state index contributed by atoms with van der Waals surface area (Å²) >= 11 is 0. The minimum atomic E-state index is -0.596. The summed E-state index contributed by atoms with van der Waals surface area (Å²) < 4.78 is 35.0. The van der Waals surface area contributed by atoms with Crippen LogP contribution in [0.4, 0.5) is 0 Å². The summed E-state index contributed by atoms with van der Waals surface area (Å²) in [5.41, 5.74) is 0. The van der Waals surface area contributed by atoms with Gasteiger partial charge in [-0.15, -0.1) is 0 Å². The smallest absolute Gasteiger partial charge is 0.190 e. The molecule has 8 atom stereocenters. The van der Waals surface area contributed by atoms with E-state index in [1.807, 2.05) is 6.92 Å². The first kappa shape index (κ1) is 24.3. The van der Waals surface area contributed by atoms with Gasteiger partial charge in [-0.3, -0.25) is 0 Å². The summed E-state index contributed by atoms with van der Waals surface area (Å²) in [6.07, 6.45) is 6.27. The second-order valence-corrected chi connectivity index (χ2v) is 10.7. The molecule has 0 aromatic heterocycles. The molecule has 0 aromatic carbocycles. The van der Waals surface area contributed by atoms with Crippen LogP contribution >= 0.6 is 0 Å². The number of aliphatic hydroxyl groups is 2. The van der Waals surface area contributed by atoms with E-state index in [2.05, 4.69) is 19.2 Å². The SMILES string of the molecule is CC(C)NC[C@H]1O[C@H]2OC3(CCCC3)O[C@@H]2[C@H]1O.CC[C@H]1O[C@H]2OC3(CCCC3)O[C@@H]2[C@H]1O. The molecule has 4 saturated heterocycles. The van der Waals surface area contributed by atoms with Crippen LogP contribution < -0.4 is 5.32 Å². The van der Waals surface area contributed by atoms with E-state index in [4.69, 9.17) is 28.4 Å². The van der Waals surface area contributed by atoms with Crippen LogP contribution in [0, 0.1) is 0 Å². The van der Waals surface area contributed by atoms with Gasteiger partial charge in [0.1, 0.15) is 30.5 Å². The Morgan fingerprint density at radius 2 is 1.21 bits per heavy atom. The van der Waals surface area contributed by atoms with E-state index in [-0.39, 0.29) is 30.7 Å². The molecule has 0 aromatic rings. The second kappa shape index (κ2) is 9.59. The summed E-state index contributed by atoms with van der Waals surface area (Å²) in [5.74, 6) is -0.901. The van der Waals surface area contributed by atoms with Crippen LogP contribution in [-0.2, 0) is 28.4 Å². The maximum absolute atomic E-state index is 10.2. The fraction of sp³-hybridized carbons (Fsp3) is 1.00. The molecule has 2 saturated carbocycles. The largest absolute Gasteiger partial charge is 0.387 e. The molecule has 33 heavy (non-hydrogen) atoms. The molecule has 6 aliphatic rings. The van der Waals surface area contributed by atoms with Crippen molar-refractivity contribution in [2.75, 3.05) is 6.54 Å². The van der Waals surface area contributed by atoms with Crippen LogP contribution in [0.1, 0.15) is 78.6 Å². The first-order valence-electron chi connectivity index (χ1n) is 13.0. The maximum atomic E-state index is 10.2. The van der Waals surface area contributed by atoms with Gasteiger partial charge in [-0.25, -0.2) is 0 Å². The van der Waals surface area contributed by atoms with Crippen LogP contribution in [0.3, 0.4) is 0 Å². The molecule has 3 N–H and O–H groups in total. The number of ether oxygens (including phenoxy) is 6. The highest BCUT2D eigenvalue weighted by molar-refractivity contribution is 4.97. The van der Waals surface area contributed by atoms with Gasteiger partial charge in [-0.05, 0) is 32.1 Å². The normalized spacial score (nSPS) is 44.5. The summed E-state index contributed by atoms with van der Waals surface area (Å²) in [4.78, 5) is 0. The van der Waals surface area contributed by atoms with Gasteiger partial charge in [0.05, 0.1) is 6.10 Å². The van der Waals surface area contributed by atoms with Crippen molar-refractivity contribution >= 4 is 0 Å². The van der Waals surface area contributed by atoms with Crippen molar-refractivity contribution < 1.29 is 38.6 Å². The molecule has 6 rings (SSSR count). The van der Waals surface area contributed by atoms with Crippen LogP contribution in [-0.4, -0.2) is 83.6 Å². The molecule has 9 heteroatoms. The Labute approximate surface area is 196 Å². The first-order valence-corrected chi connectivity index (χ1v) is 13.0. The highest BCUT2D eigenvalue weighted by Gasteiger charge is 2.58. The summed E-state index contributed by atoms with van der Waals surface area (Å²) in [7, 11) is 0. The van der Waals surface area contributed by atoms with Gasteiger partial charge in [-0.1, -0.05) is 20.8 Å². The molecule has 0 radical (unpaired) electrons. The maximum Gasteiger partial charge on any atom is 0.190 e. The van der Waals surface area contributed by atoms with Crippen molar-refractivity contribution in [2.24, 2.45) is 0 Å². The van der Waals surface area contributed by atoms with Gasteiger partial charge in [0.15, 0.2) is 24.2 Å². The van der Waals surface area contributed by atoms with E-state index in [9.17, 15) is 10.2 Å². The summed E-state index contributed by atoms with van der Waals surface area (Å²) in [6.45, 7) is 6.77. The number of rotatable bonds is 4. The Hall–Kier alpha value is -0.360. The molecule has 4 aliphatic heterocycles. The van der Waals surface area contributed by atoms with E-state index in [1.54, 1.807) is 0 Å². The summed E-state index contributed by atoms with van der Waals surface area (Å²) in [5, 5.41) is 23.5. The third kappa shape index (κ3) is 4.73. The molecule has 0 bridgehead atoms. The molecule has 9 nitrogen and oxygen atoms in total. The second-order valence-electron chi connectivity index (χ2n) is 10.7. The molecule has 190 valence electrons. The average molecular weight is 472 g/mol. The zero-order chi connectivity index (χ0) is 23.2. The first-order chi connectivity index (χ1) is 15.8. The van der Waals surface area contributed by atoms with Crippen molar-refractivity contribution in [2.45, 2.75) is 145 Å². The average Bonchev–Trinajstić information content (AvgIpc) is 3.62. The zero-order valence-electron chi connectivity index (χ0n) is 20.1. The van der Waals surface area contributed by atoms with E-state index in [0.717, 1.165) is 57.8 Å². The van der Waals surface area contributed by atoms with Gasteiger partial charge in [0.25, 0.3) is 0 Å². The van der Waals surface area contributed by atoms with Crippen molar-refractivity contribution in [3.63, 3.8) is 0 Å². The lowest BCUT2D eigenvalue weighted by Crippen LogP contribution is -2.42. The van der Waals surface area contributed by atoms with E-state index >= 15 is 0 Å². The molecule has 6 fully saturated rings. The highest BCUT2D eigenvalue weighted by atomic mass is 16.8. The standard InChI is InChI=1S/C13H23NO4.C11H18O4/c1-8(2)14-7-9-10(15)11-12(16-9)18-13(17-11)5-3-4-6-13;1-2-7-8(12)9-10(13-7)15-11(14-9)5-3-4-6-11/h8-12,14-15H,3-7H2,1-2H3;7-10,12H,2-6H2,1H3/t9-,10+,11-,12+;7-,8+,9-,10+/m11/s1. The van der Waals surface area contributed by atoms with Gasteiger partial charge < -0.3 is 44.0 Å². The zero-order valence-corrected chi connectivity index (χ0v) is 20.1. The Morgan fingerprint density at radius 3 is 1.64 bits per heavy atom. The Balaban J connectivity index is 0.000000140. The van der Waals surface area contributed by atoms with Gasteiger partial charge >= 0.3 is 0 Å². The number of hydrogen-bond acceptors (Lipinski definition) is 9. The molecule has 0 amide bonds. The van der Waals surface area contributed by atoms with Crippen molar-refractivity contribution in [3.05, 3.63) is 0 Å². The van der Waals surface area contributed by atoms with Gasteiger partial charge in [-0.2, -0.15) is 0 Å². The quantitative estimate of drug-likeness (QED) is 0.567. The van der Waals surface area contributed by atoms with E-state index < -0.39 is 30.1 Å². The number of fused-ring (bicyclic) bond motifs is 2. The Kier molecular flexibility index (Phi) is 7.08. The van der Waals surface area contributed by atoms with Gasteiger partial charge in [0, 0.05) is 38.3 Å². The summed E-state index contributed by atoms with van der Waals surface area (Å²) in [6, 6.07) is 0.379. The van der Waals surface area contributed by atoms with E-state index in [0.29, 0.717) is 12.6 Å². The predicted octanol–water partition coefficient (Wildman–Crippen LogP) is 1.92. The number of hydrogen-bond donors (Lipinski definition) is 3. The minimum absolute atomic E-state index is 0.126. The lowest BCUT2D eigenvalue weighted by Gasteiger charge is -2.26. The molecule has 2 aliphatic carbocycles. The molecule has 0 unspecified atom stereocenters. The van der Waals surface area contributed by atoms with Crippen LogP contribution in [0.25, 0.3) is 0 Å². The Bertz CT molecular complexity index is 665. The molecular weight excluding hydrogens is 430 g/mol. The molecule has 4 heterocycles. The van der Waals surface area contributed by atoms with E-state index in [1.165, 1.54) is 0 Å². The highest BCUT2D eigenvalue weighted by Crippen LogP contribution is 2.47. The van der Waals surface area contributed by atoms with Crippen molar-refractivity contribution in [1.29, 1.82) is 0 Å². The monoisotopic (exact) mass is 471 g/mol. The lowest BCUT2D eigenvalue weighted by molar-refractivity contribution is -0.229. The lowest BCUT2D eigenvalue weighted by atomic mass is 10.1. The van der Waals surface area contributed by atoms with Crippen LogP contribution in [0.2, 0.25) is 0 Å². The van der Waals surface area contributed by atoms with Gasteiger partial charge in [0.2, 0.25) is 0 Å². The Morgan fingerprint density at radius 1 is 0.758 bits per heavy atom. The van der Waals surface area contributed by atoms with Crippen molar-refractivity contribution in [3.8, 4) is 0 Å². The molecule has 2 spiro atoms. The minimum Gasteiger partial charge on any atom is -0.387 e.